The summed E-state index contributed by atoms with van der Waals surface area (Å²) < 4.78 is 10.3. The normalized spacial score (nSPS) is 16.3. The second kappa shape index (κ2) is 10.8. The van der Waals surface area contributed by atoms with Crippen LogP contribution in [0.1, 0.15) is 35.3 Å². The molecule has 0 atom stereocenters. The van der Waals surface area contributed by atoms with E-state index in [4.69, 9.17) is 33.3 Å². The van der Waals surface area contributed by atoms with Gasteiger partial charge in [-0.15, -0.1) is 0 Å². The molecule has 0 aliphatic carbocycles. The predicted octanol–water partition coefficient (Wildman–Crippen LogP) is 6.07. The molecule has 13 heteroatoms. The highest BCUT2D eigenvalue weighted by Gasteiger charge is 2.46. The second-order valence-electron chi connectivity index (χ2n) is 8.98. The Balaban J connectivity index is 1.91. The third-order valence-electron chi connectivity index (χ3n) is 6.14. The van der Waals surface area contributed by atoms with Gasteiger partial charge in [0.05, 0.1) is 39.5 Å². The summed E-state index contributed by atoms with van der Waals surface area (Å²) in [5, 5.41) is 11.4. The minimum Gasteiger partial charge on any atom is -0.465 e. The number of hydrogen-bond donors (Lipinski definition) is 0. The minimum absolute atomic E-state index is 0.0665. The number of ether oxygens (including phenoxy) is 2. The van der Waals surface area contributed by atoms with Crippen molar-refractivity contribution in [1.82, 2.24) is 0 Å². The molecule has 0 N–H and O–H groups in total. The number of rotatable bonds is 4. The molecule has 4 rings (SSSR count). The van der Waals surface area contributed by atoms with Crippen molar-refractivity contribution in [2.75, 3.05) is 19.1 Å². The van der Waals surface area contributed by atoms with Gasteiger partial charge in [-0.25, -0.2) is 9.59 Å². The van der Waals surface area contributed by atoms with Crippen LogP contribution in [0.2, 0.25) is 5.02 Å². The molecule has 0 saturated carbocycles. The summed E-state index contributed by atoms with van der Waals surface area (Å²) in [6.07, 6.45) is 0. The minimum atomic E-state index is -1.09. The monoisotopic (exact) mass is 604 g/mol. The fourth-order valence-electron chi connectivity index (χ4n) is 4.21. The molecule has 202 valence electrons. The molecule has 39 heavy (non-hydrogen) atoms. The number of halogens is 1. The predicted molar refractivity (Wildman–Crippen MR) is 156 cm³/mol. The lowest BCUT2D eigenvalue weighted by atomic mass is 9.82. The van der Waals surface area contributed by atoms with E-state index in [1.54, 1.807) is 19.9 Å². The maximum Gasteiger partial charge on any atom is 0.346 e. The lowest BCUT2D eigenvalue weighted by Crippen LogP contribution is -2.56. The van der Waals surface area contributed by atoms with E-state index in [1.807, 2.05) is 19.1 Å². The Morgan fingerprint density at radius 3 is 2.15 bits per heavy atom. The SMILES string of the molecule is COC(=O)C1=C(C(=O)OC)SC(=C2C(=S)C(C)(C)N(C(=O)c3ccc(Cl)c([N+](=O)[O-])c3)c3ccc(C)cc32)S1. The van der Waals surface area contributed by atoms with Gasteiger partial charge in [0, 0.05) is 22.8 Å². The second-order valence-corrected chi connectivity index (χ2v) is 12.1. The summed E-state index contributed by atoms with van der Waals surface area (Å²) in [4.78, 5) is 51.8. The van der Waals surface area contributed by atoms with E-state index in [1.165, 1.54) is 31.3 Å². The number of nitro benzene ring substituents is 1. The van der Waals surface area contributed by atoms with Crippen molar-refractivity contribution in [3.63, 3.8) is 0 Å². The average molecular weight is 605 g/mol. The number of aryl methyl sites for hydroxylation is 1. The summed E-state index contributed by atoms with van der Waals surface area (Å²) in [5.41, 5.74) is 1.19. The maximum absolute atomic E-state index is 13.9. The molecular weight excluding hydrogens is 584 g/mol. The van der Waals surface area contributed by atoms with E-state index in [9.17, 15) is 24.5 Å². The quantitative estimate of drug-likeness (QED) is 0.134. The van der Waals surface area contributed by atoms with E-state index < -0.39 is 28.3 Å². The van der Waals surface area contributed by atoms with E-state index in [0.29, 0.717) is 25.9 Å². The number of anilines is 1. The Kier molecular flexibility index (Phi) is 7.95. The van der Waals surface area contributed by atoms with Crippen molar-refractivity contribution < 1.29 is 28.8 Å². The van der Waals surface area contributed by atoms with Crippen LogP contribution in [-0.2, 0) is 19.1 Å². The number of amides is 1. The number of carbonyl (C=O) groups excluding carboxylic acids is 3. The van der Waals surface area contributed by atoms with Gasteiger partial charge in [0.2, 0.25) is 0 Å². The highest BCUT2D eigenvalue weighted by molar-refractivity contribution is 8.29. The van der Waals surface area contributed by atoms with Crippen molar-refractivity contribution >= 4 is 87.0 Å². The number of methoxy groups -OCH3 is 2. The van der Waals surface area contributed by atoms with Crippen molar-refractivity contribution in [3.8, 4) is 0 Å². The van der Waals surface area contributed by atoms with Crippen LogP contribution in [0, 0.1) is 17.0 Å². The number of thioether (sulfide) groups is 2. The van der Waals surface area contributed by atoms with Gasteiger partial charge in [-0.1, -0.05) is 59.0 Å². The number of thiocarbonyl (C=S) groups is 1. The highest BCUT2D eigenvalue weighted by Crippen LogP contribution is 2.56. The molecular formula is C26H21ClN2O7S3. The van der Waals surface area contributed by atoms with Crippen molar-refractivity contribution in [2.45, 2.75) is 26.3 Å². The van der Waals surface area contributed by atoms with Gasteiger partial charge >= 0.3 is 11.9 Å². The third kappa shape index (κ3) is 4.97. The van der Waals surface area contributed by atoms with Crippen LogP contribution in [0.4, 0.5) is 11.4 Å². The smallest absolute Gasteiger partial charge is 0.346 e. The van der Waals surface area contributed by atoms with Crippen LogP contribution < -0.4 is 4.90 Å². The van der Waals surface area contributed by atoms with E-state index in [-0.39, 0.29) is 26.1 Å². The van der Waals surface area contributed by atoms with Crippen LogP contribution in [-0.4, -0.2) is 47.4 Å². The Hall–Kier alpha value is -3.19. The Labute approximate surface area is 242 Å². The number of fused-ring (bicyclic) bond motifs is 1. The van der Waals surface area contributed by atoms with Gasteiger partial charge < -0.3 is 9.47 Å². The third-order valence-corrected chi connectivity index (χ3v) is 9.72. The fraction of sp³-hybridized carbons (Fsp3) is 0.231. The summed E-state index contributed by atoms with van der Waals surface area (Å²) in [6, 6.07) is 9.35. The lowest BCUT2D eigenvalue weighted by molar-refractivity contribution is -0.384. The summed E-state index contributed by atoms with van der Waals surface area (Å²) >= 11 is 14.0. The molecule has 1 amide bonds. The first-order valence-electron chi connectivity index (χ1n) is 11.3. The van der Waals surface area contributed by atoms with Crippen molar-refractivity contribution in [1.29, 1.82) is 0 Å². The molecule has 9 nitrogen and oxygen atoms in total. The summed E-state index contributed by atoms with van der Waals surface area (Å²) in [6.45, 7) is 5.41. The number of carbonyl (C=O) groups is 3. The number of hydrogen-bond acceptors (Lipinski definition) is 10. The van der Waals surface area contributed by atoms with Gasteiger partial charge in [-0.05, 0) is 45.0 Å². The molecule has 2 aromatic carbocycles. The molecule has 0 fully saturated rings. The zero-order valence-electron chi connectivity index (χ0n) is 21.3. The van der Waals surface area contributed by atoms with Crippen LogP contribution >= 0.6 is 47.3 Å². The molecule has 0 saturated heterocycles. The van der Waals surface area contributed by atoms with Gasteiger partial charge in [-0.2, -0.15) is 0 Å². The maximum atomic E-state index is 13.9. The number of benzene rings is 2. The van der Waals surface area contributed by atoms with Gasteiger partial charge in [-0.3, -0.25) is 19.8 Å². The molecule has 2 aliphatic heterocycles. The van der Waals surface area contributed by atoms with Crippen LogP contribution in [0.25, 0.3) is 5.57 Å². The molecule has 0 unspecified atom stereocenters. The molecule has 0 aromatic heterocycles. The Morgan fingerprint density at radius 2 is 1.62 bits per heavy atom. The summed E-state index contributed by atoms with van der Waals surface area (Å²) in [5.74, 6) is -1.88. The highest BCUT2D eigenvalue weighted by atomic mass is 35.5. The van der Waals surface area contributed by atoms with Crippen LogP contribution in [0.15, 0.2) is 50.4 Å². The molecule has 0 spiro atoms. The Morgan fingerprint density at radius 1 is 1.03 bits per heavy atom. The first-order valence-corrected chi connectivity index (χ1v) is 13.7. The molecule has 0 bridgehead atoms. The van der Waals surface area contributed by atoms with Gasteiger partial charge in [0.15, 0.2) is 0 Å². The van der Waals surface area contributed by atoms with E-state index in [2.05, 4.69) is 0 Å². The first kappa shape index (κ1) is 28.8. The lowest BCUT2D eigenvalue weighted by Gasteiger charge is -2.45. The standard InChI is InChI=1S/C26H21ClN2O7S3/c1-12-6-9-16-14(10-12)18(25-38-19(23(31)35-4)20(39-25)24(32)36-5)21(37)26(2,3)28(16)22(30)13-7-8-15(27)17(11-13)29(33)34/h6-11H,1-5H3. The topological polar surface area (TPSA) is 116 Å². The van der Waals surface area contributed by atoms with E-state index in [0.717, 1.165) is 35.2 Å². The van der Waals surface area contributed by atoms with Crippen molar-refractivity contribution in [3.05, 3.63) is 82.3 Å². The molecule has 0 radical (unpaired) electrons. The van der Waals surface area contributed by atoms with Crippen LogP contribution in [0.3, 0.4) is 0 Å². The number of nitro groups is 1. The zero-order chi connectivity index (χ0) is 28.8. The number of esters is 2. The molecule has 2 aromatic rings. The molecule has 2 heterocycles. The van der Waals surface area contributed by atoms with Gasteiger partial charge in [0.1, 0.15) is 14.8 Å². The number of nitrogens with zero attached hydrogens (tertiary/aromatic N) is 2. The largest absolute Gasteiger partial charge is 0.465 e. The van der Waals surface area contributed by atoms with Crippen LogP contribution in [0.5, 0.6) is 0 Å². The zero-order valence-corrected chi connectivity index (χ0v) is 24.5. The first-order chi connectivity index (χ1) is 18.3. The van der Waals surface area contributed by atoms with E-state index >= 15 is 0 Å². The molecule has 2 aliphatic rings. The summed E-state index contributed by atoms with van der Waals surface area (Å²) in [7, 11) is 2.44. The Bertz CT molecular complexity index is 1520. The van der Waals surface area contributed by atoms with Gasteiger partial charge in [0.25, 0.3) is 11.6 Å². The fourth-order valence-corrected chi connectivity index (χ4v) is 7.43. The average Bonchev–Trinajstić information content (AvgIpc) is 3.33. The van der Waals surface area contributed by atoms with Crippen molar-refractivity contribution in [2.24, 2.45) is 0 Å².